The van der Waals surface area contributed by atoms with Crippen molar-refractivity contribution in [3.63, 3.8) is 0 Å². The average molecular weight is 276 g/mol. The number of aromatic hydroxyl groups is 1. The van der Waals surface area contributed by atoms with Crippen LogP contribution in [0.4, 0.5) is 4.39 Å². The lowest BCUT2D eigenvalue weighted by molar-refractivity contribution is 0.103. The number of ketones is 1. The maximum Gasteiger partial charge on any atom is 0.199 e. The Morgan fingerprint density at radius 1 is 1.25 bits per heavy atom. The van der Waals surface area contributed by atoms with Crippen LogP contribution in [-0.2, 0) is 6.61 Å². The number of phenols is 1. The van der Waals surface area contributed by atoms with Crippen molar-refractivity contribution in [3.05, 3.63) is 58.9 Å². The Hall–Kier alpha value is -2.40. The SMILES string of the molecule is COc1ccc(C(=O)c2c(O)cc(CO)cc2F)cc1. The number of hydrogen-bond acceptors (Lipinski definition) is 4. The number of methoxy groups -OCH3 is 1. The van der Waals surface area contributed by atoms with E-state index in [4.69, 9.17) is 9.84 Å². The zero-order valence-corrected chi connectivity index (χ0v) is 10.8. The average Bonchev–Trinajstić information content (AvgIpc) is 2.46. The Morgan fingerprint density at radius 3 is 2.40 bits per heavy atom. The molecule has 0 fully saturated rings. The van der Waals surface area contributed by atoms with Gasteiger partial charge in [0.2, 0.25) is 0 Å². The monoisotopic (exact) mass is 276 g/mol. The maximum absolute atomic E-state index is 13.9. The van der Waals surface area contributed by atoms with Gasteiger partial charge in [-0.1, -0.05) is 0 Å². The predicted molar refractivity (Wildman–Crippen MR) is 70.4 cm³/mol. The van der Waals surface area contributed by atoms with Crippen molar-refractivity contribution in [2.45, 2.75) is 6.61 Å². The Morgan fingerprint density at radius 2 is 1.90 bits per heavy atom. The summed E-state index contributed by atoms with van der Waals surface area (Å²) in [6.45, 7) is -0.415. The summed E-state index contributed by atoms with van der Waals surface area (Å²) in [5, 5.41) is 18.7. The van der Waals surface area contributed by atoms with Gasteiger partial charge in [0.25, 0.3) is 0 Å². The summed E-state index contributed by atoms with van der Waals surface area (Å²) in [6, 6.07) is 8.31. The first-order chi connectivity index (χ1) is 9.56. The van der Waals surface area contributed by atoms with Crippen LogP contribution in [0, 0.1) is 5.82 Å². The Labute approximate surface area is 115 Å². The smallest absolute Gasteiger partial charge is 0.199 e. The zero-order chi connectivity index (χ0) is 14.7. The van der Waals surface area contributed by atoms with Crippen LogP contribution in [0.1, 0.15) is 21.5 Å². The third kappa shape index (κ3) is 2.62. The van der Waals surface area contributed by atoms with E-state index in [0.29, 0.717) is 5.75 Å². The van der Waals surface area contributed by atoms with Gasteiger partial charge in [-0.15, -0.1) is 0 Å². The molecule has 20 heavy (non-hydrogen) atoms. The van der Waals surface area contributed by atoms with Crippen molar-refractivity contribution in [2.75, 3.05) is 7.11 Å². The molecule has 2 aromatic rings. The molecule has 0 aliphatic heterocycles. The number of aliphatic hydroxyl groups is 1. The van der Waals surface area contributed by atoms with Crippen molar-refractivity contribution in [1.82, 2.24) is 0 Å². The maximum atomic E-state index is 13.9. The zero-order valence-electron chi connectivity index (χ0n) is 10.8. The van der Waals surface area contributed by atoms with Crippen LogP contribution in [0.3, 0.4) is 0 Å². The number of aliphatic hydroxyl groups excluding tert-OH is 1. The molecule has 0 atom stereocenters. The van der Waals surface area contributed by atoms with E-state index in [-0.39, 0.29) is 11.1 Å². The van der Waals surface area contributed by atoms with Gasteiger partial charge in [0, 0.05) is 5.56 Å². The van der Waals surface area contributed by atoms with Gasteiger partial charge in [-0.3, -0.25) is 4.79 Å². The van der Waals surface area contributed by atoms with E-state index in [0.717, 1.165) is 6.07 Å². The van der Waals surface area contributed by atoms with Crippen molar-refractivity contribution in [3.8, 4) is 11.5 Å². The van der Waals surface area contributed by atoms with Crippen LogP contribution >= 0.6 is 0 Å². The molecule has 0 spiro atoms. The van der Waals surface area contributed by atoms with Gasteiger partial charge in [0.05, 0.1) is 19.3 Å². The lowest BCUT2D eigenvalue weighted by atomic mass is 10.00. The fourth-order valence-electron chi connectivity index (χ4n) is 1.85. The first-order valence-electron chi connectivity index (χ1n) is 5.87. The Balaban J connectivity index is 2.42. The Kier molecular flexibility index (Phi) is 4.00. The van der Waals surface area contributed by atoms with E-state index in [1.54, 1.807) is 12.1 Å². The topological polar surface area (TPSA) is 66.8 Å². The fourth-order valence-corrected chi connectivity index (χ4v) is 1.85. The summed E-state index contributed by atoms with van der Waals surface area (Å²) in [6.07, 6.45) is 0. The van der Waals surface area contributed by atoms with Crippen LogP contribution in [-0.4, -0.2) is 23.1 Å². The van der Waals surface area contributed by atoms with Crippen LogP contribution in [0.15, 0.2) is 36.4 Å². The lowest BCUT2D eigenvalue weighted by Crippen LogP contribution is -2.06. The lowest BCUT2D eigenvalue weighted by Gasteiger charge is -2.08. The van der Waals surface area contributed by atoms with Gasteiger partial charge in [0.15, 0.2) is 5.78 Å². The number of benzene rings is 2. The molecule has 5 heteroatoms. The second-order valence-electron chi connectivity index (χ2n) is 4.19. The van der Waals surface area contributed by atoms with E-state index in [1.165, 1.54) is 25.3 Å². The molecule has 0 saturated heterocycles. The largest absolute Gasteiger partial charge is 0.507 e. The van der Waals surface area contributed by atoms with Crippen LogP contribution in [0.2, 0.25) is 0 Å². The van der Waals surface area contributed by atoms with Crippen LogP contribution < -0.4 is 4.74 Å². The van der Waals surface area contributed by atoms with Gasteiger partial charge in [-0.25, -0.2) is 4.39 Å². The normalized spacial score (nSPS) is 10.3. The molecule has 4 nitrogen and oxygen atoms in total. The molecule has 0 aliphatic carbocycles. The third-order valence-corrected chi connectivity index (χ3v) is 2.89. The van der Waals surface area contributed by atoms with Crippen molar-refractivity contribution >= 4 is 5.78 Å². The number of hydrogen-bond donors (Lipinski definition) is 2. The molecule has 0 saturated carbocycles. The van der Waals surface area contributed by atoms with E-state index in [2.05, 4.69) is 0 Å². The standard InChI is InChI=1S/C15H13FO4/c1-20-11-4-2-10(3-5-11)15(19)14-12(16)6-9(8-17)7-13(14)18/h2-7,17-18H,8H2,1H3. The van der Waals surface area contributed by atoms with E-state index in [9.17, 15) is 14.3 Å². The second-order valence-corrected chi connectivity index (χ2v) is 4.19. The highest BCUT2D eigenvalue weighted by Gasteiger charge is 2.19. The van der Waals surface area contributed by atoms with Gasteiger partial charge in [-0.2, -0.15) is 0 Å². The number of carbonyl (C=O) groups excluding carboxylic acids is 1. The molecule has 0 bridgehead atoms. The molecular formula is C15H13FO4. The van der Waals surface area contributed by atoms with Crippen LogP contribution in [0.5, 0.6) is 11.5 Å². The molecule has 0 aromatic heterocycles. The number of phenolic OH excluding ortho intramolecular Hbond substituents is 1. The van der Waals surface area contributed by atoms with Gasteiger partial charge < -0.3 is 14.9 Å². The molecule has 2 rings (SSSR count). The summed E-state index contributed by atoms with van der Waals surface area (Å²) in [4.78, 5) is 12.2. The van der Waals surface area contributed by atoms with Gasteiger partial charge in [0.1, 0.15) is 17.3 Å². The summed E-state index contributed by atoms with van der Waals surface area (Å²) in [5.41, 5.74) is 0.0235. The molecule has 2 aromatic carbocycles. The minimum Gasteiger partial charge on any atom is -0.507 e. The van der Waals surface area contributed by atoms with Crippen molar-refractivity contribution in [1.29, 1.82) is 0 Å². The van der Waals surface area contributed by atoms with E-state index < -0.39 is 29.5 Å². The summed E-state index contributed by atoms with van der Waals surface area (Å²) in [5.74, 6) is -1.42. The highest BCUT2D eigenvalue weighted by molar-refractivity contribution is 6.10. The predicted octanol–water partition coefficient (Wildman–Crippen LogP) is 2.26. The molecular weight excluding hydrogens is 263 g/mol. The van der Waals surface area contributed by atoms with E-state index in [1.807, 2.05) is 0 Å². The fraction of sp³-hybridized carbons (Fsp3) is 0.133. The summed E-state index contributed by atoms with van der Waals surface area (Å²) < 4.78 is 18.8. The van der Waals surface area contributed by atoms with Gasteiger partial charge in [-0.05, 0) is 42.0 Å². The number of carbonyl (C=O) groups is 1. The molecule has 104 valence electrons. The first-order valence-corrected chi connectivity index (χ1v) is 5.87. The number of ether oxygens (including phenoxy) is 1. The molecule has 2 N–H and O–H groups in total. The summed E-state index contributed by atoms with van der Waals surface area (Å²) in [7, 11) is 1.50. The number of halogens is 1. The van der Waals surface area contributed by atoms with Crippen molar-refractivity contribution in [2.24, 2.45) is 0 Å². The number of rotatable bonds is 4. The molecule has 0 heterocycles. The summed E-state index contributed by atoms with van der Waals surface area (Å²) >= 11 is 0. The van der Waals surface area contributed by atoms with Crippen LogP contribution in [0.25, 0.3) is 0 Å². The van der Waals surface area contributed by atoms with Gasteiger partial charge >= 0.3 is 0 Å². The Bertz CT molecular complexity index is 612. The minimum atomic E-state index is -0.866. The van der Waals surface area contributed by atoms with E-state index >= 15 is 0 Å². The highest BCUT2D eigenvalue weighted by atomic mass is 19.1. The molecule has 0 aliphatic rings. The second kappa shape index (κ2) is 5.71. The molecule has 0 amide bonds. The van der Waals surface area contributed by atoms with Crippen molar-refractivity contribution < 1.29 is 24.1 Å². The molecule has 0 unspecified atom stereocenters. The minimum absolute atomic E-state index is 0.200. The highest BCUT2D eigenvalue weighted by Crippen LogP contribution is 2.26. The third-order valence-electron chi connectivity index (χ3n) is 2.89. The first kappa shape index (κ1) is 14.0. The molecule has 0 radical (unpaired) electrons. The quantitative estimate of drug-likeness (QED) is 0.841.